The molecule has 1 fully saturated rings. The van der Waals surface area contributed by atoms with Gasteiger partial charge in [0.25, 0.3) is 0 Å². The van der Waals surface area contributed by atoms with Crippen LogP contribution in [0.5, 0.6) is 0 Å². The zero-order valence-electron chi connectivity index (χ0n) is 11.9. The largest absolute Gasteiger partial charge is 0.312 e. The van der Waals surface area contributed by atoms with Crippen LogP contribution in [0.1, 0.15) is 43.9 Å². The number of hydrogen-bond donors (Lipinski definition) is 1. The van der Waals surface area contributed by atoms with Crippen molar-refractivity contribution < 1.29 is 0 Å². The summed E-state index contributed by atoms with van der Waals surface area (Å²) in [6, 6.07) is 10.3. The van der Waals surface area contributed by atoms with Crippen LogP contribution < -0.4 is 5.32 Å². The van der Waals surface area contributed by atoms with Crippen LogP contribution in [0.15, 0.2) is 24.3 Å². The average molecular weight is 246 g/mol. The maximum absolute atomic E-state index is 3.46. The molecule has 1 saturated heterocycles. The van der Waals surface area contributed by atoms with E-state index in [1.807, 2.05) is 0 Å². The Morgan fingerprint density at radius 2 is 2.06 bits per heavy atom. The number of hydrogen-bond acceptors (Lipinski definition) is 2. The molecule has 0 saturated carbocycles. The van der Waals surface area contributed by atoms with Gasteiger partial charge in [-0.15, -0.1) is 0 Å². The minimum absolute atomic E-state index is 0.455. The third-order valence-electron chi connectivity index (χ3n) is 4.25. The highest BCUT2D eigenvalue weighted by molar-refractivity contribution is 5.25. The molecular weight excluding hydrogens is 220 g/mol. The molecule has 0 radical (unpaired) electrons. The van der Waals surface area contributed by atoms with Crippen LogP contribution in [-0.2, 0) is 6.42 Å². The van der Waals surface area contributed by atoms with E-state index in [9.17, 15) is 0 Å². The molecule has 1 aliphatic rings. The molecule has 1 heterocycles. The fourth-order valence-corrected chi connectivity index (χ4v) is 2.85. The second-order valence-electron chi connectivity index (χ2n) is 5.42. The first-order valence-corrected chi connectivity index (χ1v) is 7.24. The van der Waals surface area contributed by atoms with Gasteiger partial charge in [0.15, 0.2) is 0 Å². The lowest BCUT2D eigenvalue weighted by molar-refractivity contribution is 0.241. The summed E-state index contributed by atoms with van der Waals surface area (Å²) in [5.74, 6) is 0. The monoisotopic (exact) mass is 246 g/mol. The fraction of sp³-hybridized carbons (Fsp3) is 0.625. The highest BCUT2D eigenvalue weighted by atomic mass is 15.2. The molecule has 2 unspecified atom stereocenters. The summed E-state index contributed by atoms with van der Waals surface area (Å²) in [6.07, 6.45) is 3.82. The van der Waals surface area contributed by atoms with E-state index in [0.29, 0.717) is 6.04 Å². The van der Waals surface area contributed by atoms with Gasteiger partial charge < -0.3 is 5.32 Å². The standard InChI is InChI=1S/C16H26N2/c1-4-14-7-9-15(10-8-14)16(17-3)12-18-11-5-6-13(18)2/h7-10,13,16-17H,4-6,11-12H2,1-3H3. The third-order valence-corrected chi connectivity index (χ3v) is 4.25. The number of likely N-dealkylation sites (tertiary alicyclic amines) is 1. The van der Waals surface area contributed by atoms with Crippen LogP contribution in [-0.4, -0.2) is 31.1 Å². The molecule has 2 nitrogen and oxygen atoms in total. The molecule has 1 aromatic rings. The van der Waals surface area contributed by atoms with E-state index in [1.165, 1.54) is 30.5 Å². The lowest BCUT2D eigenvalue weighted by Gasteiger charge is -2.27. The summed E-state index contributed by atoms with van der Waals surface area (Å²) < 4.78 is 0. The SMILES string of the molecule is CCc1ccc(C(CN2CCCC2C)NC)cc1. The van der Waals surface area contributed by atoms with E-state index < -0.39 is 0 Å². The fourth-order valence-electron chi connectivity index (χ4n) is 2.85. The molecule has 1 N–H and O–H groups in total. The smallest absolute Gasteiger partial charge is 0.0446 e. The normalized spacial score (nSPS) is 22.3. The van der Waals surface area contributed by atoms with Gasteiger partial charge in [0, 0.05) is 18.6 Å². The number of rotatable bonds is 5. The van der Waals surface area contributed by atoms with Crippen molar-refractivity contribution in [3.05, 3.63) is 35.4 Å². The van der Waals surface area contributed by atoms with Gasteiger partial charge in [0.05, 0.1) is 0 Å². The molecule has 100 valence electrons. The van der Waals surface area contributed by atoms with Crippen LogP contribution >= 0.6 is 0 Å². The Hall–Kier alpha value is -0.860. The minimum atomic E-state index is 0.455. The summed E-state index contributed by atoms with van der Waals surface area (Å²) in [4.78, 5) is 2.61. The Morgan fingerprint density at radius 3 is 2.56 bits per heavy atom. The highest BCUT2D eigenvalue weighted by Gasteiger charge is 2.23. The molecule has 1 aromatic carbocycles. The Bertz CT molecular complexity index is 358. The van der Waals surface area contributed by atoms with Gasteiger partial charge in [0.2, 0.25) is 0 Å². The average Bonchev–Trinajstić information content (AvgIpc) is 2.81. The lowest BCUT2D eigenvalue weighted by Crippen LogP contribution is -2.35. The number of benzene rings is 1. The first-order valence-electron chi connectivity index (χ1n) is 7.24. The van der Waals surface area contributed by atoms with Gasteiger partial charge in [-0.3, -0.25) is 4.90 Å². The van der Waals surface area contributed by atoms with Crippen molar-refractivity contribution in [3.63, 3.8) is 0 Å². The number of nitrogens with zero attached hydrogens (tertiary/aromatic N) is 1. The maximum atomic E-state index is 3.46. The minimum Gasteiger partial charge on any atom is -0.312 e. The van der Waals surface area contributed by atoms with E-state index in [1.54, 1.807) is 0 Å². The van der Waals surface area contributed by atoms with Gasteiger partial charge in [-0.1, -0.05) is 31.2 Å². The van der Waals surface area contributed by atoms with Crippen LogP contribution in [0.2, 0.25) is 0 Å². The van der Waals surface area contributed by atoms with Crippen LogP contribution in [0.4, 0.5) is 0 Å². The number of aryl methyl sites for hydroxylation is 1. The van der Waals surface area contributed by atoms with E-state index >= 15 is 0 Å². The number of nitrogens with one attached hydrogen (secondary N) is 1. The molecule has 0 spiro atoms. The van der Waals surface area contributed by atoms with Gasteiger partial charge in [-0.05, 0) is 50.9 Å². The molecule has 0 bridgehead atoms. The third kappa shape index (κ3) is 3.12. The summed E-state index contributed by atoms with van der Waals surface area (Å²) in [5.41, 5.74) is 2.83. The summed E-state index contributed by atoms with van der Waals surface area (Å²) in [5, 5.41) is 3.46. The Balaban J connectivity index is 2.02. The van der Waals surface area contributed by atoms with Gasteiger partial charge in [0.1, 0.15) is 0 Å². The molecule has 18 heavy (non-hydrogen) atoms. The van der Waals surface area contributed by atoms with Crippen molar-refractivity contribution >= 4 is 0 Å². The molecule has 0 amide bonds. The Labute approximate surface area is 111 Å². The van der Waals surface area contributed by atoms with Crippen molar-refractivity contribution in [2.24, 2.45) is 0 Å². The van der Waals surface area contributed by atoms with Crippen molar-refractivity contribution in [2.75, 3.05) is 20.1 Å². The molecule has 1 aliphatic heterocycles. The zero-order valence-corrected chi connectivity index (χ0v) is 11.9. The second-order valence-corrected chi connectivity index (χ2v) is 5.42. The first kappa shape index (κ1) is 13.6. The molecule has 2 atom stereocenters. The van der Waals surface area contributed by atoms with Gasteiger partial charge >= 0.3 is 0 Å². The van der Waals surface area contributed by atoms with Gasteiger partial charge in [-0.2, -0.15) is 0 Å². The highest BCUT2D eigenvalue weighted by Crippen LogP contribution is 2.21. The van der Waals surface area contributed by atoms with Gasteiger partial charge in [-0.25, -0.2) is 0 Å². The summed E-state index contributed by atoms with van der Waals surface area (Å²) in [6.45, 7) is 6.94. The predicted molar refractivity (Wildman–Crippen MR) is 77.9 cm³/mol. The van der Waals surface area contributed by atoms with E-state index in [4.69, 9.17) is 0 Å². The van der Waals surface area contributed by atoms with E-state index in [0.717, 1.165) is 19.0 Å². The maximum Gasteiger partial charge on any atom is 0.0446 e. The quantitative estimate of drug-likeness (QED) is 0.859. The molecular formula is C16H26N2. The lowest BCUT2D eigenvalue weighted by atomic mass is 10.0. The van der Waals surface area contributed by atoms with Crippen molar-refractivity contribution in [1.82, 2.24) is 10.2 Å². The van der Waals surface area contributed by atoms with E-state index in [2.05, 4.69) is 55.4 Å². The second kappa shape index (κ2) is 6.35. The Morgan fingerprint density at radius 1 is 1.33 bits per heavy atom. The van der Waals surface area contributed by atoms with Crippen molar-refractivity contribution in [2.45, 2.75) is 45.2 Å². The number of likely N-dealkylation sites (N-methyl/N-ethyl adjacent to an activating group) is 1. The summed E-state index contributed by atoms with van der Waals surface area (Å²) in [7, 11) is 2.07. The van der Waals surface area contributed by atoms with Crippen LogP contribution in [0, 0.1) is 0 Å². The van der Waals surface area contributed by atoms with Crippen LogP contribution in [0.3, 0.4) is 0 Å². The summed E-state index contributed by atoms with van der Waals surface area (Å²) >= 11 is 0. The molecule has 0 aromatic heterocycles. The molecule has 0 aliphatic carbocycles. The molecule has 2 heteroatoms. The first-order chi connectivity index (χ1) is 8.74. The van der Waals surface area contributed by atoms with Crippen molar-refractivity contribution in [1.29, 1.82) is 0 Å². The van der Waals surface area contributed by atoms with Crippen LogP contribution in [0.25, 0.3) is 0 Å². The van der Waals surface area contributed by atoms with E-state index in [-0.39, 0.29) is 0 Å². The zero-order chi connectivity index (χ0) is 13.0. The Kier molecular flexibility index (Phi) is 4.79. The van der Waals surface area contributed by atoms with Crippen molar-refractivity contribution in [3.8, 4) is 0 Å². The topological polar surface area (TPSA) is 15.3 Å². The predicted octanol–water partition coefficient (Wildman–Crippen LogP) is 2.99. The molecule has 2 rings (SSSR count).